The smallest absolute Gasteiger partial charge is 0.303 e. The van der Waals surface area contributed by atoms with Crippen LogP contribution in [0.5, 0.6) is 0 Å². The van der Waals surface area contributed by atoms with Gasteiger partial charge < -0.3 is 9.67 Å². The Morgan fingerprint density at radius 1 is 1.44 bits per heavy atom. The van der Waals surface area contributed by atoms with Crippen molar-refractivity contribution in [3.8, 4) is 0 Å². The summed E-state index contributed by atoms with van der Waals surface area (Å²) in [5.74, 6) is -0.755. The van der Waals surface area contributed by atoms with Gasteiger partial charge in [-0.05, 0) is 48.3 Å². The van der Waals surface area contributed by atoms with Gasteiger partial charge in [0.2, 0.25) is 0 Å². The van der Waals surface area contributed by atoms with E-state index in [1.165, 1.54) is 0 Å². The summed E-state index contributed by atoms with van der Waals surface area (Å²) in [6.45, 7) is 4.23. The summed E-state index contributed by atoms with van der Waals surface area (Å²) in [5, 5.41) is 9.97. The number of nitrogens with zero attached hydrogens (tertiary/aromatic N) is 1. The van der Waals surface area contributed by atoms with Crippen LogP contribution in [0, 0.1) is 0 Å². The molecule has 1 aromatic heterocycles. The van der Waals surface area contributed by atoms with Crippen LogP contribution in [0.15, 0.2) is 28.7 Å². The molecule has 0 aliphatic rings. The van der Waals surface area contributed by atoms with Gasteiger partial charge in [0, 0.05) is 21.6 Å². The van der Waals surface area contributed by atoms with E-state index in [0.717, 1.165) is 21.1 Å². The van der Waals surface area contributed by atoms with Gasteiger partial charge in [-0.25, -0.2) is 0 Å². The van der Waals surface area contributed by atoms with E-state index in [1.54, 1.807) is 0 Å². The number of hydrogen-bond acceptors (Lipinski definition) is 1. The Balaban J connectivity index is 2.55. The Bertz CT molecular complexity index is 587. The van der Waals surface area contributed by atoms with Crippen molar-refractivity contribution in [2.75, 3.05) is 0 Å². The molecule has 18 heavy (non-hydrogen) atoms. The number of carbonyl (C=O) groups is 1. The number of halogens is 1. The highest BCUT2D eigenvalue weighted by atomic mass is 79.9. The summed E-state index contributed by atoms with van der Waals surface area (Å²) < 4.78 is 3.26. The van der Waals surface area contributed by atoms with Crippen LogP contribution in [0.25, 0.3) is 10.9 Å². The van der Waals surface area contributed by atoms with Gasteiger partial charge in [0.05, 0.1) is 11.9 Å². The van der Waals surface area contributed by atoms with Gasteiger partial charge in [0.1, 0.15) is 0 Å². The molecular weight excluding hydrogens is 294 g/mol. The molecule has 0 spiro atoms. The molecule has 0 amide bonds. The van der Waals surface area contributed by atoms with Crippen molar-refractivity contribution in [3.05, 3.63) is 34.4 Å². The largest absolute Gasteiger partial charge is 0.481 e. The number of aliphatic carboxylic acids is 1. The van der Waals surface area contributed by atoms with Crippen molar-refractivity contribution in [1.29, 1.82) is 0 Å². The van der Waals surface area contributed by atoms with Gasteiger partial charge in [-0.2, -0.15) is 0 Å². The number of fused-ring (bicyclic) bond motifs is 1. The lowest BCUT2D eigenvalue weighted by Gasteiger charge is -2.15. The zero-order chi connectivity index (χ0) is 13.3. The lowest BCUT2D eigenvalue weighted by atomic mass is 10.2. The normalized spacial score (nSPS) is 11.3. The summed E-state index contributed by atoms with van der Waals surface area (Å²) in [4.78, 5) is 10.7. The molecule has 0 unspecified atom stereocenters. The van der Waals surface area contributed by atoms with Crippen molar-refractivity contribution in [2.24, 2.45) is 0 Å². The van der Waals surface area contributed by atoms with Gasteiger partial charge in [-0.3, -0.25) is 4.79 Å². The van der Waals surface area contributed by atoms with Crippen molar-refractivity contribution in [2.45, 2.75) is 32.7 Å². The molecule has 96 valence electrons. The topological polar surface area (TPSA) is 42.2 Å². The summed E-state index contributed by atoms with van der Waals surface area (Å²) >= 11 is 3.57. The van der Waals surface area contributed by atoms with E-state index in [0.29, 0.717) is 12.5 Å². The number of carboxylic acid groups (broad SMARTS) is 1. The molecule has 1 N–H and O–H groups in total. The van der Waals surface area contributed by atoms with Crippen LogP contribution in [0.1, 0.15) is 32.0 Å². The minimum Gasteiger partial charge on any atom is -0.481 e. The SMILES string of the molecule is CC(C)n1c(CCC(=O)O)cc2cccc(Br)c21. The molecule has 2 rings (SSSR count). The highest BCUT2D eigenvalue weighted by Crippen LogP contribution is 2.30. The lowest BCUT2D eigenvalue weighted by Crippen LogP contribution is -2.07. The van der Waals surface area contributed by atoms with Crippen molar-refractivity contribution >= 4 is 32.8 Å². The number of carboxylic acids is 1. The van der Waals surface area contributed by atoms with Crippen LogP contribution in [0.2, 0.25) is 0 Å². The first kappa shape index (κ1) is 13.1. The maximum absolute atomic E-state index is 10.7. The first-order valence-electron chi connectivity index (χ1n) is 6.01. The average molecular weight is 310 g/mol. The Kier molecular flexibility index (Phi) is 3.76. The third-order valence-corrected chi connectivity index (χ3v) is 3.64. The van der Waals surface area contributed by atoms with Crippen LogP contribution in [0.4, 0.5) is 0 Å². The number of hydrogen-bond donors (Lipinski definition) is 1. The molecule has 4 heteroatoms. The second kappa shape index (κ2) is 5.14. The number of rotatable bonds is 4. The maximum Gasteiger partial charge on any atom is 0.303 e. The van der Waals surface area contributed by atoms with Crippen LogP contribution < -0.4 is 0 Å². The Labute approximate surface area is 115 Å². The minimum atomic E-state index is -0.755. The predicted octanol–water partition coefficient (Wildman–Crippen LogP) is 4.00. The zero-order valence-corrected chi connectivity index (χ0v) is 12.1. The second-order valence-corrected chi connectivity index (χ2v) is 5.53. The van der Waals surface area contributed by atoms with E-state index < -0.39 is 5.97 Å². The molecule has 0 radical (unpaired) electrons. The molecule has 0 atom stereocenters. The van der Waals surface area contributed by atoms with E-state index in [-0.39, 0.29) is 6.42 Å². The molecule has 1 aromatic carbocycles. The minimum absolute atomic E-state index is 0.167. The molecule has 0 aliphatic heterocycles. The van der Waals surface area contributed by atoms with Crippen molar-refractivity contribution in [1.82, 2.24) is 4.57 Å². The number of aromatic nitrogens is 1. The molecule has 0 saturated heterocycles. The summed E-state index contributed by atoms with van der Waals surface area (Å²) in [6.07, 6.45) is 0.731. The van der Waals surface area contributed by atoms with Gasteiger partial charge >= 0.3 is 5.97 Å². The first-order chi connectivity index (χ1) is 8.50. The van der Waals surface area contributed by atoms with Crippen LogP contribution in [0.3, 0.4) is 0 Å². The van der Waals surface area contributed by atoms with Gasteiger partial charge in [0.25, 0.3) is 0 Å². The molecule has 0 bridgehead atoms. The fourth-order valence-corrected chi connectivity index (χ4v) is 2.89. The third-order valence-electron chi connectivity index (χ3n) is 3.00. The quantitative estimate of drug-likeness (QED) is 0.927. The molecule has 2 aromatic rings. The Morgan fingerprint density at radius 3 is 2.78 bits per heavy atom. The van der Waals surface area contributed by atoms with E-state index in [9.17, 15) is 4.79 Å². The van der Waals surface area contributed by atoms with Crippen molar-refractivity contribution in [3.63, 3.8) is 0 Å². The van der Waals surface area contributed by atoms with E-state index in [1.807, 2.05) is 12.1 Å². The van der Waals surface area contributed by atoms with Gasteiger partial charge in [-0.15, -0.1) is 0 Å². The monoisotopic (exact) mass is 309 g/mol. The summed E-state index contributed by atoms with van der Waals surface area (Å²) in [6, 6.07) is 8.47. The van der Waals surface area contributed by atoms with Gasteiger partial charge in [0.15, 0.2) is 0 Å². The molecule has 0 saturated carbocycles. The maximum atomic E-state index is 10.7. The van der Waals surface area contributed by atoms with E-state index in [2.05, 4.69) is 46.5 Å². The van der Waals surface area contributed by atoms with Crippen LogP contribution in [-0.2, 0) is 11.2 Å². The third kappa shape index (κ3) is 2.43. The van der Waals surface area contributed by atoms with E-state index in [4.69, 9.17) is 5.11 Å². The Morgan fingerprint density at radius 2 is 2.17 bits per heavy atom. The predicted molar refractivity (Wildman–Crippen MR) is 76.0 cm³/mol. The highest BCUT2D eigenvalue weighted by molar-refractivity contribution is 9.10. The zero-order valence-electron chi connectivity index (χ0n) is 10.5. The molecule has 0 aliphatic carbocycles. The fourth-order valence-electron chi connectivity index (χ4n) is 2.31. The number of benzene rings is 1. The second-order valence-electron chi connectivity index (χ2n) is 4.67. The lowest BCUT2D eigenvalue weighted by molar-refractivity contribution is -0.136. The van der Waals surface area contributed by atoms with Crippen LogP contribution >= 0.6 is 15.9 Å². The van der Waals surface area contributed by atoms with E-state index >= 15 is 0 Å². The summed E-state index contributed by atoms with van der Waals surface area (Å²) in [7, 11) is 0. The first-order valence-corrected chi connectivity index (χ1v) is 6.80. The highest BCUT2D eigenvalue weighted by Gasteiger charge is 2.14. The summed E-state index contributed by atoms with van der Waals surface area (Å²) in [5.41, 5.74) is 2.22. The molecular formula is C14H16BrNO2. The average Bonchev–Trinajstić information content (AvgIpc) is 2.66. The number of aryl methyl sites for hydroxylation is 1. The number of para-hydroxylation sites is 1. The molecule has 3 nitrogen and oxygen atoms in total. The standard InChI is InChI=1S/C14H16BrNO2/c1-9(2)16-11(6-7-13(17)18)8-10-4-3-5-12(15)14(10)16/h3-5,8-9H,6-7H2,1-2H3,(H,17,18). The van der Waals surface area contributed by atoms with Crippen molar-refractivity contribution < 1.29 is 9.90 Å². The Hall–Kier alpha value is -1.29. The van der Waals surface area contributed by atoms with Gasteiger partial charge in [-0.1, -0.05) is 12.1 Å². The molecule has 0 fully saturated rings. The molecule has 1 heterocycles. The van der Waals surface area contributed by atoms with Crippen LogP contribution in [-0.4, -0.2) is 15.6 Å². The fraction of sp³-hybridized carbons (Fsp3) is 0.357.